The fourth-order valence-corrected chi connectivity index (χ4v) is 3.94. The SMILES string of the molecule is CS(=O)(=O)NCC1CCCCN1C(=O)C[C@@H]1CCC[C@H]1N.Cl. The number of amides is 1. The number of halogens is 1. The van der Waals surface area contributed by atoms with Gasteiger partial charge in [-0.25, -0.2) is 13.1 Å². The smallest absolute Gasteiger partial charge is 0.223 e. The van der Waals surface area contributed by atoms with Crippen molar-refractivity contribution in [1.82, 2.24) is 9.62 Å². The van der Waals surface area contributed by atoms with Crippen LogP contribution >= 0.6 is 12.4 Å². The molecule has 1 aliphatic heterocycles. The van der Waals surface area contributed by atoms with Crippen molar-refractivity contribution in [3.05, 3.63) is 0 Å². The van der Waals surface area contributed by atoms with Gasteiger partial charge in [0.1, 0.15) is 0 Å². The number of hydrogen-bond acceptors (Lipinski definition) is 4. The van der Waals surface area contributed by atoms with Gasteiger partial charge in [0.15, 0.2) is 0 Å². The maximum Gasteiger partial charge on any atom is 0.223 e. The summed E-state index contributed by atoms with van der Waals surface area (Å²) in [6.07, 6.45) is 7.73. The maximum absolute atomic E-state index is 12.5. The first-order chi connectivity index (χ1) is 9.87. The Kier molecular flexibility index (Phi) is 7.58. The number of likely N-dealkylation sites (tertiary alicyclic amines) is 1. The van der Waals surface area contributed by atoms with Gasteiger partial charge in [-0.3, -0.25) is 4.79 Å². The molecule has 130 valence electrons. The predicted molar refractivity (Wildman–Crippen MR) is 89.4 cm³/mol. The lowest BCUT2D eigenvalue weighted by atomic mass is 9.96. The van der Waals surface area contributed by atoms with Crippen LogP contribution in [0.4, 0.5) is 0 Å². The third-order valence-corrected chi connectivity index (χ3v) is 5.37. The van der Waals surface area contributed by atoms with Crippen molar-refractivity contribution in [3.8, 4) is 0 Å². The van der Waals surface area contributed by atoms with Gasteiger partial charge in [0.05, 0.1) is 6.26 Å². The maximum atomic E-state index is 12.5. The van der Waals surface area contributed by atoms with E-state index in [9.17, 15) is 13.2 Å². The minimum absolute atomic E-state index is 0. The molecule has 1 saturated heterocycles. The molecule has 1 unspecified atom stereocenters. The number of hydrogen-bond donors (Lipinski definition) is 2. The average Bonchev–Trinajstić information content (AvgIpc) is 2.81. The Morgan fingerprint density at radius 1 is 1.23 bits per heavy atom. The summed E-state index contributed by atoms with van der Waals surface area (Å²) in [4.78, 5) is 14.4. The summed E-state index contributed by atoms with van der Waals surface area (Å²) in [6.45, 7) is 1.05. The van der Waals surface area contributed by atoms with E-state index in [2.05, 4.69) is 4.72 Å². The lowest BCUT2D eigenvalue weighted by Gasteiger charge is -2.36. The van der Waals surface area contributed by atoms with Gasteiger partial charge in [-0.15, -0.1) is 12.4 Å². The number of sulfonamides is 1. The van der Waals surface area contributed by atoms with Gasteiger partial charge < -0.3 is 10.6 Å². The molecule has 2 aliphatic rings. The Morgan fingerprint density at radius 3 is 2.55 bits per heavy atom. The Bertz CT molecular complexity index is 472. The van der Waals surface area contributed by atoms with Crippen LogP contribution in [-0.4, -0.2) is 50.7 Å². The summed E-state index contributed by atoms with van der Waals surface area (Å²) < 4.78 is 25.0. The minimum Gasteiger partial charge on any atom is -0.338 e. The molecule has 0 radical (unpaired) electrons. The van der Waals surface area contributed by atoms with Crippen LogP contribution in [0.1, 0.15) is 44.9 Å². The van der Waals surface area contributed by atoms with Crippen molar-refractivity contribution in [2.75, 3.05) is 19.3 Å². The van der Waals surface area contributed by atoms with Crippen LogP contribution in [0.3, 0.4) is 0 Å². The van der Waals surface area contributed by atoms with E-state index in [-0.39, 0.29) is 30.4 Å². The first-order valence-electron chi connectivity index (χ1n) is 7.86. The highest BCUT2D eigenvalue weighted by Crippen LogP contribution is 2.28. The van der Waals surface area contributed by atoms with Crippen molar-refractivity contribution in [3.63, 3.8) is 0 Å². The Hall–Kier alpha value is -0.370. The van der Waals surface area contributed by atoms with Gasteiger partial charge in [-0.2, -0.15) is 0 Å². The van der Waals surface area contributed by atoms with Crippen LogP contribution in [0.2, 0.25) is 0 Å². The zero-order chi connectivity index (χ0) is 15.5. The molecule has 8 heteroatoms. The second-order valence-corrected chi connectivity index (χ2v) is 8.25. The predicted octanol–water partition coefficient (Wildman–Crippen LogP) is 0.856. The highest BCUT2D eigenvalue weighted by Gasteiger charge is 2.32. The van der Waals surface area contributed by atoms with E-state index in [1.165, 1.54) is 0 Å². The number of nitrogens with one attached hydrogen (secondary N) is 1. The van der Waals surface area contributed by atoms with Crippen LogP contribution in [0.25, 0.3) is 0 Å². The Morgan fingerprint density at radius 2 is 1.95 bits per heavy atom. The summed E-state index contributed by atoms with van der Waals surface area (Å²) in [7, 11) is -3.21. The van der Waals surface area contributed by atoms with Crippen molar-refractivity contribution >= 4 is 28.3 Å². The molecular formula is C14H28ClN3O3S. The molecule has 0 spiro atoms. The van der Waals surface area contributed by atoms with Gasteiger partial charge in [0.2, 0.25) is 15.9 Å². The van der Waals surface area contributed by atoms with Crippen molar-refractivity contribution in [2.24, 2.45) is 11.7 Å². The van der Waals surface area contributed by atoms with E-state index in [0.29, 0.717) is 18.9 Å². The standard InChI is InChI=1S/C14H27N3O3S.ClH/c1-21(19,20)16-10-12-6-2-3-8-17(12)14(18)9-11-5-4-7-13(11)15;/h11-13,16H,2-10,15H2,1H3;1H/t11-,12?,13+;/m0./s1. The lowest BCUT2D eigenvalue weighted by molar-refractivity contribution is -0.135. The normalized spacial score (nSPS) is 29.2. The van der Waals surface area contributed by atoms with Crippen LogP contribution in [-0.2, 0) is 14.8 Å². The average molecular weight is 354 g/mol. The lowest BCUT2D eigenvalue weighted by Crippen LogP contribution is -2.50. The van der Waals surface area contributed by atoms with Gasteiger partial charge in [-0.1, -0.05) is 6.42 Å². The number of nitrogens with zero attached hydrogens (tertiary/aromatic N) is 1. The molecular weight excluding hydrogens is 326 g/mol. The molecule has 22 heavy (non-hydrogen) atoms. The van der Waals surface area contributed by atoms with E-state index in [1.807, 2.05) is 4.90 Å². The van der Waals surface area contributed by atoms with E-state index in [4.69, 9.17) is 5.73 Å². The van der Waals surface area contributed by atoms with Crippen molar-refractivity contribution in [2.45, 2.75) is 57.0 Å². The first-order valence-corrected chi connectivity index (χ1v) is 9.75. The third-order valence-electron chi connectivity index (χ3n) is 4.68. The highest BCUT2D eigenvalue weighted by atomic mass is 35.5. The van der Waals surface area contributed by atoms with E-state index in [1.54, 1.807) is 0 Å². The summed E-state index contributed by atoms with van der Waals surface area (Å²) >= 11 is 0. The summed E-state index contributed by atoms with van der Waals surface area (Å²) in [5, 5.41) is 0. The van der Waals surface area contributed by atoms with Gasteiger partial charge >= 0.3 is 0 Å². The van der Waals surface area contributed by atoms with E-state index >= 15 is 0 Å². The number of carbonyl (C=O) groups is 1. The molecule has 2 rings (SSSR count). The largest absolute Gasteiger partial charge is 0.338 e. The zero-order valence-corrected chi connectivity index (χ0v) is 14.8. The molecule has 3 N–H and O–H groups in total. The number of piperidine rings is 1. The topological polar surface area (TPSA) is 92.5 Å². The molecule has 3 atom stereocenters. The molecule has 1 saturated carbocycles. The minimum atomic E-state index is -3.21. The van der Waals surface area contributed by atoms with Crippen LogP contribution < -0.4 is 10.5 Å². The molecule has 0 aromatic heterocycles. The van der Waals surface area contributed by atoms with E-state index < -0.39 is 10.0 Å². The second kappa shape index (κ2) is 8.47. The monoisotopic (exact) mass is 353 g/mol. The number of rotatable bonds is 5. The van der Waals surface area contributed by atoms with Gasteiger partial charge in [0, 0.05) is 31.6 Å². The molecule has 6 nitrogen and oxygen atoms in total. The Balaban J connectivity index is 0.00000242. The van der Waals surface area contributed by atoms with Crippen molar-refractivity contribution in [1.29, 1.82) is 0 Å². The fourth-order valence-electron chi connectivity index (χ4n) is 3.45. The van der Waals surface area contributed by atoms with Crippen molar-refractivity contribution < 1.29 is 13.2 Å². The second-order valence-electron chi connectivity index (χ2n) is 6.42. The van der Waals surface area contributed by atoms with Crippen LogP contribution in [0.15, 0.2) is 0 Å². The summed E-state index contributed by atoms with van der Waals surface area (Å²) in [6, 6.07) is 0.130. The van der Waals surface area contributed by atoms with Gasteiger partial charge in [0.25, 0.3) is 0 Å². The highest BCUT2D eigenvalue weighted by molar-refractivity contribution is 7.88. The first kappa shape index (κ1) is 19.7. The molecule has 2 fully saturated rings. The summed E-state index contributed by atoms with van der Waals surface area (Å²) in [5.41, 5.74) is 6.04. The van der Waals surface area contributed by atoms with Crippen LogP contribution in [0, 0.1) is 5.92 Å². The van der Waals surface area contributed by atoms with Crippen LogP contribution in [0.5, 0.6) is 0 Å². The molecule has 1 heterocycles. The fraction of sp³-hybridized carbons (Fsp3) is 0.929. The number of nitrogens with two attached hydrogens (primary N) is 1. The molecule has 0 aromatic carbocycles. The molecule has 1 amide bonds. The molecule has 0 aromatic rings. The zero-order valence-electron chi connectivity index (χ0n) is 13.2. The molecule has 1 aliphatic carbocycles. The van der Waals surface area contributed by atoms with Gasteiger partial charge in [-0.05, 0) is 38.0 Å². The Labute approximate surface area is 139 Å². The van der Waals surface area contributed by atoms with E-state index in [0.717, 1.165) is 51.3 Å². The summed E-state index contributed by atoms with van der Waals surface area (Å²) in [5.74, 6) is 0.431. The third kappa shape index (κ3) is 5.68. The molecule has 0 bridgehead atoms. The quantitative estimate of drug-likeness (QED) is 0.766. The number of carbonyl (C=O) groups excluding carboxylic acids is 1.